The van der Waals surface area contributed by atoms with Gasteiger partial charge in [-0.3, -0.25) is 10.2 Å². The first-order valence-electron chi connectivity index (χ1n) is 6.00. The van der Waals surface area contributed by atoms with Crippen molar-refractivity contribution in [2.45, 2.75) is 13.0 Å². The van der Waals surface area contributed by atoms with E-state index in [1.54, 1.807) is 13.2 Å². The lowest BCUT2D eigenvalue weighted by molar-refractivity contribution is 0.0287. The number of nitrogens with two attached hydrogens (primary N) is 1. The highest BCUT2D eigenvalue weighted by Gasteiger charge is 2.08. The number of amides is 1. The lowest BCUT2D eigenvalue weighted by Gasteiger charge is -2.04. The molecule has 0 aliphatic heterocycles. The summed E-state index contributed by atoms with van der Waals surface area (Å²) in [4.78, 5) is 11.2. The lowest BCUT2D eigenvalue weighted by Crippen LogP contribution is -2.29. The van der Waals surface area contributed by atoms with E-state index >= 15 is 0 Å². The van der Waals surface area contributed by atoms with E-state index in [9.17, 15) is 4.79 Å². The van der Waals surface area contributed by atoms with Crippen LogP contribution in [0.4, 0.5) is 0 Å². The van der Waals surface area contributed by atoms with Crippen molar-refractivity contribution >= 4 is 5.91 Å². The van der Waals surface area contributed by atoms with Gasteiger partial charge in [-0.1, -0.05) is 0 Å². The average molecular weight is 272 g/mol. The summed E-state index contributed by atoms with van der Waals surface area (Å²) in [5.41, 5.74) is 2.40. The first kappa shape index (κ1) is 15.6. The molecule has 108 valence electrons. The zero-order chi connectivity index (χ0) is 13.9. The van der Waals surface area contributed by atoms with Crippen molar-refractivity contribution in [1.29, 1.82) is 0 Å². The van der Waals surface area contributed by atoms with E-state index in [0.29, 0.717) is 44.4 Å². The number of rotatable bonds is 10. The summed E-state index contributed by atoms with van der Waals surface area (Å²) in [5.74, 6) is 5.18. The van der Waals surface area contributed by atoms with Crippen LogP contribution in [0.1, 0.15) is 22.5 Å². The van der Waals surface area contributed by atoms with Crippen molar-refractivity contribution in [2.75, 3.05) is 33.5 Å². The van der Waals surface area contributed by atoms with Gasteiger partial charge in [0.2, 0.25) is 0 Å². The number of methoxy groups -OCH3 is 1. The summed E-state index contributed by atoms with van der Waals surface area (Å²) in [6.45, 7) is 2.62. The number of nitrogen functional groups attached to an aromatic ring is 1. The van der Waals surface area contributed by atoms with Crippen molar-refractivity contribution < 1.29 is 23.4 Å². The molecule has 0 fully saturated rings. The zero-order valence-electron chi connectivity index (χ0n) is 11.0. The predicted octanol–water partition coefficient (Wildman–Crippen LogP) is 0.453. The van der Waals surface area contributed by atoms with Gasteiger partial charge in [0, 0.05) is 20.3 Å². The molecule has 0 aromatic carbocycles. The molecular weight excluding hydrogens is 252 g/mol. The number of hydrazine groups is 1. The molecule has 0 saturated heterocycles. The Balaban J connectivity index is 2.06. The Bertz CT molecular complexity index is 367. The van der Waals surface area contributed by atoms with Crippen molar-refractivity contribution in [3.05, 3.63) is 23.7 Å². The first-order chi connectivity index (χ1) is 9.27. The van der Waals surface area contributed by atoms with Crippen LogP contribution in [0.2, 0.25) is 0 Å². The summed E-state index contributed by atoms with van der Waals surface area (Å²) >= 11 is 0. The maximum Gasteiger partial charge on any atom is 0.268 e. The fraction of sp³-hybridized carbons (Fsp3) is 0.583. The molecule has 7 nitrogen and oxygen atoms in total. The van der Waals surface area contributed by atoms with Crippen LogP contribution >= 0.6 is 0 Å². The van der Waals surface area contributed by atoms with Crippen molar-refractivity contribution in [3.63, 3.8) is 0 Å². The molecular formula is C12H20N2O5. The quantitative estimate of drug-likeness (QED) is 0.278. The zero-order valence-corrected chi connectivity index (χ0v) is 11.0. The van der Waals surface area contributed by atoms with E-state index in [1.165, 1.54) is 6.26 Å². The number of furan rings is 1. The van der Waals surface area contributed by atoms with E-state index in [-0.39, 0.29) is 0 Å². The maximum absolute atomic E-state index is 11.2. The van der Waals surface area contributed by atoms with Crippen molar-refractivity contribution in [1.82, 2.24) is 5.43 Å². The van der Waals surface area contributed by atoms with Crippen LogP contribution in [0, 0.1) is 0 Å². The molecule has 0 aliphatic carbocycles. The molecule has 3 N–H and O–H groups in total. The van der Waals surface area contributed by atoms with Gasteiger partial charge in [-0.05, 0) is 12.5 Å². The topological polar surface area (TPSA) is 96.0 Å². The minimum Gasteiger partial charge on any atom is -0.466 e. The molecule has 1 heterocycles. The predicted molar refractivity (Wildman–Crippen MR) is 67.3 cm³/mol. The normalized spacial score (nSPS) is 10.6. The molecule has 19 heavy (non-hydrogen) atoms. The van der Waals surface area contributed by atoms with Gasteiger partial charge >= 0.3 is 0 Å². The SMILES string of the molecule is COCCCOCCOCc1cc(C(=O)NN)co1. The van der Waals surface area contributed by atoms with Gasteiger partial charge in [-0.15, -0.1) is 0 Å². The Morgan fingerprint density at radius 1 is 1.32 bits per heavy atom. The molecule has 1 aromatic heterocycles. The van der Waals surface area contributed by atoms with Gasteiger partial charge in [0.05, 0.1) is 18.8 Å². The highest BCUT2D eigenvalue weighted by atomic mass is 16.5. The smallest absolute Gasteiger partial charge is 0.268 e. The van der Waals surface area contributed by atoms with Gasteiger partial charge in [0.15, 0.2) is 0 Å². The molecule has 0 unspecified atom stereocenters. The molecule has 7 heteroatoms. The van der Waals surface area contributed by atoms with Crippen molar-refractivity contribution in [3.8, 4) is 0 Å². The molecule has 0 spiro atoms. The van der Waals surface area contributed by atoms with Crippen LogP contribution < -0.4 is 11.3 Å². The largest absolute Gasteiger partial charge is 0.466 e. The van der Waals surface area contributed by atoms with E-state index in [1.807, 2.05) is 5.43 Å². The Kier molecular flexibility index (Phi) is 7.83. The van der Waals surface area contributed by atoms with E-state index in [4.69, 9.17) is 24.5 Å². The van der Waals surface area contributed by atoms with Crippen LogP contribution in [-0.4, -0.2) is 39.4 Å². The molecule has 0 bridgehead atoms. The standard InChI is InChI=1S/C12H20N2O5/c1-16-3-2-4-17-5-6-18-9-11-7-10(8-19-11)12(15)14-13/h7-8H,2-6,9,13H2,1H3,(H,14,15). The van der Waals surface area contributed by atoms with Gasteiger partial charge < -0.3 is 18.6 Å². The Morgan fingerprint density at radius 2 is 2.11 bits per heavy atom. The van der Waals surface area contributed by atoms with Crippen molar-refractivity contribution in [2.24, 2.45) is 5.84 Å². The molecule has 1 amide bonds. The Labute approximate surface area is 112 Å². The van der Waals surface area contributed by atoms with Gasteiger partial charge in [-0.2, -0.15) is 0 Å². The molecule has 0 saturated carbocycles. The summed E-state index contributed by atoms with van der Waals surface area (Å²) < 4.78 is 20.7. The van der Waals surface area contributed by atoms with Crippen LogP contribution in [0.25, 0.3) is 0 Å². The van der Waals surface area contributed by atoms with Crippen LogP contribution in [0.15, 0.2) is 16.7 Å². The first-order valence-corrected chi connectivity index (χ1v) is 6.00. The summed E-state index contributed by atoms with van der Waals surface area (Å²) in [6.07, 6.45) is 2.20. The molecule has 1 aromatic rings. The van der Waals surface area contributed by atoms with Gasteiger partial charge in [0.25, 0.3) is 5.91 Å². The van der Waals surface area contributed by atoms with Gasteiger partial charge in [-0.25, -0.2) is 5.84 Å². The molecule has 1 rings (SSSR count). The third-order valence-corrected chi connectivity index (χ3v) is 2.30. The molecule has 0 radical (unpaired) electrons. The molecule has 0 aliphatic rings. The van der Waals surface area contributed by atoms with Gasteiger partial charge in [0.1, 0.15) is 18.6 Å². The summed E-state index contributed by atoms with van der Waals surface area (Å²) in [5, 5.41) is 0. The second-order valence-electron chi connectivity index (χ2n) is 3.79. The fourth-order valence-electron chi connectivity index (χ4n) is 1.36. The minimum absolute atomic E-state index is 0.291. The summed E-state index contributed by atoms with van der Waals surface area (Å²) in [6, 6.07) is 1.58. The maximum atomic E-state index is 11.2. The monoisotopic (exact) mass is 272 g/mol. The Hall–Kier alpha value is -1.41. The second kappa shape index (κ2) is 9.51. The average Bonchev–Trinajstić information content (AvgIpc) is 2.89. The van der Waals surface area contributed by atoms with E-state index in [0.717, 1.165) is 6.42 Å². The molecule has 0 atom stereocenters. The number of nitrogens with one attached hydrogen (secondary N) is 1. The summed E-state index contributed by atoms with van der Waals surface area (Å²) in [7, 11) is 1.66. The minimum atomic E-state index is -0.392. The number of ether oxygens (including phenoxy) is 3. The third-order valence-electron chi connectivity index (χ3n) is 2.30. The number of hydrogen-bond acceptors (Lipinski definition) is 6. The van der Waals surface area contributed by atoms with E-state index < -0.39 is 5.91 Å². The highest BCUT2D eigenvalue weighted by Crippen LogP contribution is 2.08. The number of hydrogen-bond donors (Lipinski definition) is 2. The van der Waals surface area contributed by atoms with Crippen LogP contribution in [-0.2, 0) is 20.8 Å². The van der Waals surface area contributed by atoms with Crippen LogP contribution in [0.5, 0.6) is 0 Å². The van der Waals surface area contributed by atoms with Crippen LogP contribution in [0.3, 0.4) is 0 Å². The number of carbonyl (C=O) groups is 1. The Morgan fingerprint density at radius 3 is 2.84 bits per heavy atom. The number of carbonyl (C=O) groups excluding carboxylic acids is 1. The van der Waals surface area contributed by atoms with E-state index in [2.05, 4.69) is 0 Å². The second-order valence-corrected chi connectivity index (χ2v) is 3.79. The third kappa shape index (κ3) is 6.35. The fourth-order valence-corrected chi connectivity index (χ4v) is 1.36. The lowest BCUT2D eigenvalue weighted by atomic mass is 10.3. The highest BCUT2D eigenvalue weighted by molar-refractivity contribution is 5.93.